The summed E-state index contributed by atoms with van der Waals surface area (Å²) in [5, 5.41) is 12.4. The first-order valence-electron chi connectivity index (χ1n) is 5.21. The Bertz CT molecular complexity index is 368. The van der Waals surface area contributed by atoms with E-state index in [-0.39, 0.29) is 24.5 Å². The number of aliphatic hydroxyl groups excluding tert-OH is 1. The van der Waals surface area contributed by atoms with E-state index in [4.69, 9.17) is 16.7 Å². The predicted molar refractivity (Wildman–Crippen MR) is 64.9 cm³/mol. The normalized spacial score (nSPS) is 14.5. The highest BCUT2D eigenvalue weighted by atomic mass is 35.5. The number of hydrogen-bond acceptors (Lipinski definition) is 3. The molecule has 0 radical (unpaired) electrons. The molecule has 2 atom stereocenters. The molecule has 0 saturated heterocycles. The summed E-state index contributed by atoms with van der Waals surface area (Å²) in [5.74, 6) is -0.0252. The fraction of sp³-hybridized carbons (Fsp3) is 0.417. The zero-order valence-electron chi connectivity index (χ0n) is 9.40. The molecule has 0 amide bonds. The molecule has 2 unspecified atom stereocenters. The maximum Gasteiger partial charge on any atom is 0.179 e. The number of rotatable bonds is 5. The van der Waals surface area contributed by atoms with Gasteiger partial charge in [0.05, 0.1) is 12.6 Å². The minimum absolute atomic E-state index is 0.00711. The van der Waals surface area contributed by atoms with Crippen LogP contribution in [0.5, 0.6) is 0 Å². The number of hydrogen-bond donors (Lipinski definition) is 2. The van der Waals surface area contributed by atoms with E-state index in [0.29, 0.717) is 10.6 Å². The van der Waals surface area contributed by atoms with Gasteiger partial charge in [-0.25, -0.2) is 0 Å². The lowest BCUT2D eigenvalue weighted by Crippen LogP contribution is -2.41. The van der Waals surface area contributed by atoms with Gasteiger partial charge in [0.15, 0.2) is 5.78 Å². The van der Waals surface area contributed by atoms with Crippen LogP contribution in [0.1, 0.15) is 24.2 Å². The quantitative estimate of drug-likeness (QED) is 0.774. The van der Waals surface area contributed by atoms with Crippen LogP contribution in [0, 0.1) is 0 Å². The van der Waals surface area contributed by atoms with Crippen molar-refractivity contribution >= 4 is 17.4 Å². The van der Waals surface area contributed by atoms with E-state index in [9.17, 15) is 4.79 Å². The molecule has 3 nitrogen and oxygen atoms in total. The lowest BCUT2D eigenvalue weighted by atomic mass is 10.1. The molecule has 1 aromatic carbocycles. The van der Waals surface area contributed by atoms with Crippen LogP contribution in [0.25, 0.3) is 0 Å². The first-order chi connectivity index (χ1) is 7.54. The lowest BCUT2D eigenvalue weighted by Gasteiger charge is -2.17. The van der Waals surface area contributed by atoms with Crippen molar-refractivity contribution in [3.05, 3.63) is 34.9 Å². The number of benzene rings is 1. The van der Waals surface area contributed by atoms with Gasteiger partial charge in [0.1, 0.15) is 0 Å². The second kappa shape index (κ2) is 5.99. The highest BCUT2D eigenvalue weighted by molar-refractivity contribution is 6.31. The van der Waals surface area contributed by atoms with Gasteiger partial charge in [-0.05, 0) is 26.0 Å². The molecule has 0 aliphatic carbocycles. The minimum atomic E-state index is -0.333. The van der Waals surface area contributed by atoms with Crippen LogP contribution in [0.15, 0.2) is 24.3 Å². The average Bonchev–Trinajstić information content (AvgIpc) is 2.27. The summed E-state index contributed by atoms with van der Waals surface area (Å²) in [5.41, 5.74) is 0.581. The fourth-order valence-corrected chi connectivity index (χ4v) is 1.64. The molecule has 0 bridgehead atoms. The molecular weight excluding hydrogens is 226 g/mol. The molecular formula is C12H16ClNO2. The third-order valence-electron chi connectivity index (χ3n) is 2.31. The second-order valence-corrected chi connectivity index (χ2v) is 4.28. The van der Waals surface area contributed by atoms with Crippen LogP contribution in [-0.4, -0.2) is 29.6 Å². The van der Waals surface area contributed by atoms with Gasteiger partial charge in [-0.15, -0.1) is 0 Å². The lowest BCUT2D eigenvalue weighted by molar-refractivity contribution is 0.0939. The Kier molecular flexibility index (Phi) is 4.93. The smallest absolute Gasteiger partial charge is 0.179 e. The summed E-state index contributed by atoms with van der Waals surface area (Å²) >= 11 is 5.81. The molecule has 2 N–H and O–H groups in total. The molecule has 16 heavy (non-hydrogen) atoms. The van der Waals surface area contributed by atoms with Gasteiger partial charge in [0.25, 0.3) is 0 Å². The number of aliphatic hydroxyl groups is 1. The molecule has 4 heteroatoms. The minimum Gasteiger partial charge on any atom is -0.395 e. The Balaban J connectivity index is 2.70. The summed E-state index contributed by atoms with van der Waals surface area (Å²) in [7, 11) is 0. The van der Waals surface area contributed by atoms with Crippen LogP contribution >= 0.6 is 11.6 Å². The first kappa shape index (κ1) is 13.2. The van der Waals surface area contributed by atoms with E-state index in [2.05, 4.69) is 5.32 Å². The van der Waals surface area contributed by atoms with E-state index in [1.807, 2.05) is 6.92 Å². The van der Waals surface area contributed by atoms with Crippen molar-refractivity contribution in [2.45, 2.75) is 25.9 Å². The molecule has 0 heterocycles. The second-order valence-electron chi connectivity index (χ2n) is 3.85. The predicted octanol–water partition coefficient (Wildman–Crippen LogP) is 1.88. The maximum absolute atomic E-state index is 11.9. The summed E-state index contributed by atoms with van der Waals surface area (Å²) in [6, 6.07) is 6.42. The summed E-state index contributed by atoms with van der Waals surface area (Å²) in [6.45, 7) is 3.60. The van der Waals surface area contributed by atoms with Crippen molar-refractivity contribution in [1.29, 1.82) is 0 Å². The van der Waals surface area contributed by atoms with Crippen molar-refractivity contribution in [3.63, 3.8) is 0 Å². The van der Waals surface area contributed by atoms with Crippen LogP contribution in [0.2, 0.25) is 5.02 Å². The van der Waals surface area contributed by atoms with Crippen molar-refractivity contribution in [2.24, 2.45) is 0 Å². The van der Waals surface area contributed by atoms with E-state index in [1.54, 1.807) is 31.2 Å². The third-order valence-corrected chi connectivity index (χ3v) is 2.55. The standard InChI is InChI=1S/C12H16ClNO2/c1-8(7-15)14-9(2)12(16)10-4-3-5-11(13)6-10/h3-6,8-9,14-15H,7H2,1-2H3. The molecule has 0 fully saturated rings. The molecule has 1 aromatic rings. The van der Waals surface area contributed by atoms with Crippen molar-refractivity contribution in [2.75, 3.05) is 6.61 Å². The van der Waals surface area contributed by atoms with Gasteiger partial charge in [-0.1, -0.05) is 23.7 Å². The monoisotopic (exact) mass is 241 g/mol. The maximum atomic E-state index is 11.9. The zero-order valence-corrected chi connectivity index (χ0v) is 10.2. The average molecular weight is 242 g/mol. The fourth-order valence-electron chi connectivity index (χ4n) is 1.45. The Morgan fingerprint density at radius 1 is 1.50 bits per heavy atom. The number of halogens is 1. The number of carbonyl (C=O) groups is 1. The summed E-state index contributed by atoms with van der Waals surface area (Å²) in [6.07, 6.45) is 0. The van der Waals surface area contributed by atoms with Crippen LogP contribution in [-0.2, 0) is 0 Å². The van der Waals surface area contributed by atoms with Gasteiger partial charge in [-0.2, -0.15) is 0 Å². The topological polar surface area (TPSA) is 49.3 Å². The Morgan fingerprint density at radius 2 is 2.19 bits per heavy atom. The largest absolute Gasteiger partial charge is 0.395 e. The summed E-state index contributed by atoms with van der Waals surface area (Å²) < 4.78 is 0. The van der Waals surface area contributed by atoms with Crippen LogP contribution in [0.3, 0.4) is 0 Å². The molecule has 0 saturated carbocycles. The molecule has 0 aliphatic rings. The molecule has 0 spiro atoms. The van der Waals surface area contributed by atoms with E-state index in [1.165, 1.54) is 0 Å². The van der Waals surface area contributed by atoms with Crippen LogP contribution < -0.4 is 5.32 Å². The first-order valence-corrected chi connectivity index (χ1v) is 5.59. The van der Waals surface area contributed by atoms with E-state index >= 15 is 0 Å². The van der Waals surface area contributed by atoms with E-state index in [0.717, 1.165) is 0 Å². The number of ketones is 1. The SMILES string of the molecule is CC(CO)NC(C)C(=O)c1cccc(Cl)c1. The van der Waals surface area contributed by atoms with Crippen molar-refractivity contribution < 1.29 is 9.90 Å². The number of Topliss-reactive ketones (excluding diaryl/α,β-unsaturated/α-hetero) is 1. The summed E-state index contributed by atoms with van der Waals surface area (Å²) in [4.78, 5) is 11.9. The van der Waals surface area contributed by atoms with Crippen molar-refractivity contribution in [3.8, 4) is 0 Å². The van der Waals surface area contributed by atoms with Gasteiger partial charge in [0, 0.05) is 16.6 Å². The molecule has 0 aliphatic heterocycles. The van der Waals surface area contributed by atoms with Crippen LogP contribution in [0.4, 0.5) is 0 Å². The van der Waals surface area contributed by atoms with Crippen molar-refractivity contribution in [1.82, 2.24) is 5.32 Å². The zero-order chi connectivity index (χ0) is 12.1. The van der Waals surface area contributed by atoms with Gasteiger partial charge in [0.2, 0.25) is 0 Å². The highest BCUT2D eigenvalue weighted by Gasteiger charge is 2.16. The Hall–Kier alpha value is -0.900. The Morgan fingerprint density at radius 3 is 2.75 bits per heavy atom. The van der Waals surface area contributed by atoms with Gasteiger partial charge < -0.3 is 10.4 Å². The third kappa shape index (κ3) is 3.59. The number of carbonyl (C=O) groups excluding carboxylic acids is 1. The van der Waals surface area contributed by atoms with Gasteiger partial charge >= 0.3 is 0 Å². The molecule has 0 aromatic heterocycles. The Labute approximate surface area is 100 Å². The molecule has 1 rings (SSSR count). The molecule has 88 valence electrons. The number of nitrogens with one attached hydrogen (secondary N) is 1. The van der Waals surface area contributed by atoms with E-state index < -0.39 is 0 Å². The highest BCUT2D eigenvalue weighted by Crippen LogP contribution is 2.12. The van der Waals surface area contributed by atoms with Gasteiger partial charge in [-0.3, -0.25) is 4.79 Å².